The van der Waals surface area contributed by atoms with Crippen molar-refractivity contribution in [2.45, 2.75) is 51.5 Å². The number of nitrogens with one attached hydrogen (secondary N) is 1. The van der Waals surface area contributed by atoms with E-state index < -0.39 is 0 Å². The van der Waals surface area contributed by atoms with Crippen LogP contribution in [-0.2, 0) is 0 Å². The number of hydrogen-bond acceptors (Lipinski definition) is 1. The van der Waals surface area contributed by atoms with Gasteiger partial charge in [-0.1, -0.05) is 19.8 Å². The first-order valence-corrected chi connectivity index (χ1v) is 8.58. The zero-order chi connectivity index (χ0) is 14.1. The largest absolute Gasteiger partial charge is 0.350 e. The first kappa shape index (κ1) is 14.2. The molecule has 0 radical (unpaired) electrons. The number of nitrogens with zero attached hydrogens (tertiary/aromatic N) is 1. The Morgan fingerprint density at radius 1 is 1.30 bits per heavy atom. The summed E-state index contributed by atoms with van der Waals surface area (Å²) < 4.78 is 3.13. The van der Waals surface area contributed by atoms with Crippen LogP contribution in [0.1, 0.15) is 62.0 Å². The van der Waals surface area contributed by atoms with Gasteiger partial charge in [-0.2, -0.15) is 0 Å². The number of amides is 1. The van der Waals surface area contributed by atoms with Crippen LogP contribution in [0.2, 0.25) is 0 Å². The van der Waals surface area contributed by atoms with Crippen LogP contribution in [0.4, 0.5) is 0 Å². The predicted molar refractivity (Wildman–Crippen MR) is 83.9 cm³/mol. The van der Waals surface area contributed by atoms with Crippen LogP contribution in [0, 0.1) is 11.8 Å². The van der Waals surface area contributed by atoms with Crippen molar-refractivity contribution < 1.29 is 4.79 Å². The lowest BCUT2D eigenvalue weighted by molar-refractivity contribution is 0.0932. The third kappa shape index (κ3) is 3.27. The molecule has 3 rings (SSSR count). The molecule has 20 heavy (non-hydrogen) atoms. The van der Waals surface area contributed by atoms with Gasteiger partial charge in [-0.25, -0.2) is 0 Å². The van der Waals surface area contributed by atoms with Gasteiger partial charge in [0.2, 0.25) is 0 Å². The van der Waals surface area contributed by atoms with Gasteiger partial charge in [-0.05, 0) is 59.5 Å². The van der Waals surface area contributed by atoms with E-state index in [2.05, 4.69) is 32.7 Å². The highest BCUT2D eigenvalue weighted by atomic mass is 79.9. The molecule has 0 atom stereocenters. The smallest absolute Gasteiger partial charge is 0.267 e. The average molecular weight is 339 g/mol. The number of rotatable bonds is 4. The summed E-state index contributed by atoms with van der Waals surface area (Å²) in [6.45, 7) is 3.16. The molecular formula is C16H23BrN2O. The predicted octanol–water partition coefficient (Wildman–Crippen LogP) is 4.14. The fourth-order valence-electron chi connectivity index (χ4n) is 3.14. The SMILES string of the molecule is CC1CCC(CNC(=O)c2cc(Br)cn2C2CC2)CC1. The molecule has 0 aromatic carbocycles. The highest BCUT2D eigenvalue weighted by Gasteiger charge is 2.28. The van der Waals surface area contributed by atoms with Crippen molar-refractivity contribution >= 4 is 21.8 Å². The van der Waals surface area contributed by atoms with Crippen molar-refractivity contribution in [1.82, 2.24) is 9.88 Å². The number of hydrogen-bond donors (Lipinski definition) is 1. The van der Waals surface area contributed by atoms with E-state index in [-0.39, 0.29) is 5.91 Å². The van der Waals surface area contributed by atoms with Gasteiger partial charge in [0, 0.05) is 23.3 Å². The molecular weight excluding hydrogens is 316 g/mol. The van der Waals surface area contributed by atoms with E-state index in [9.17, 15) is 4.79 Å². The second-order valence-corrected chi connectivity index (χ2v) is 7.43. The summed E-state index contributed by atoms with van der Waals surface area (Å²) in [5.41, 5.74) is 0.809. The summed E-state index contributed by atoms with van der Waals surface area (Å²) in [4.78, 5) is 12.4. The zero-order valence-corrected chi connectivity index (χ0v) is 13.7. The molecule has 1 amide bonds. The van der Waals surface area contributed by atoms with Crippen LogP contribution >= 0.6 is 15.9 Å². The van der Waals surface area contributed by atoms with Crippen LogP contribution in [0.25, 0.3) is 0 Å². The highest BCUT2D eigenvalue weighted by Crippen LogP contribution is 2.37. The van der Waals surface area contributed by atoms with Crippen LogP contribution in [0.5, 0.6) is 0 Å². The Bertz CT molecular complexity index is 485. The summed E-state index contributed by atoms with van der Waals surface area (Å²) in [7, 11) is 0. The van der Waals surface area contributed by atoms with E-state index in [1.807, 2.05) is 12.3 Å². The van der Waals surface area contributed by atoms with Gasteiger partial charge in [-0.3, -0.25) is 4.79 Å². The summed E-state index contributed by atoms with van der Waals surface area (Å²) >= 11 is 3.48. The molecule has 1 aromatic rings. The molecule has 3 nitrogen and oxygen atoms in total. The topological polar surface area (TPSA) is 34.0 Å². The Labute approximate surface area is 129 Å². The summed E-state index contributed by atoms with van der Waals surface area (Å²) in [6, 6.07) is 2.48. The third-order valence-electron chi connectivity index (χ3n) is 4.67. The maximum absolute atomic E-state index is 12.4. The zero-order valence-electron chi connectivity index (χ0n) is 12.1. The van der Waals surface area contributed by atoms with E-state index in [4.69, 9.17) is 0 Å². The Kier molecular flexibility index (Phi) is 4.20. The average Bonchev–Trinajstić information content (AvgIpc) is 3.20. The van der Waals surface area contributed by atoms with E-state index in [0.29, 0.717) is 12.0 Å². The lowest BCUT2D eigenvalue weighted by atomic mass is 9.83. The van der Waals surface area contributed by atoms with Crippen molar-refractivity contribution in [2.75, 3.05) is 6.54 Å². The van der Waals surface area contributed by atoms with Gasteiger partial charge in [0.05, 0.1) is 0 Å². The number of halogens is 1. The summed E-state index contributed by atoms with van der Waals surface area (Å²) in [5, 5.41) is 3.14. The van der Waals surface area contributed by atoms with E-state index in [0.717, 1.165) is 22.6 Å². The van der Waals surface area contributed by atoms with Gasteiger partial charge in [0.25, 0.3) is 5.91 Å². The molecule has 0 saturated heterocycles. The minimum absolute atomic E-state index is 0.0845. The molecule has 2 saturated carbocycles. The fraction of sp³-hybridized carbons (Fsp3) is 0.688. The third-order valence-corrected chi connectivity index (χ3v) is 5.11. The molecule has 1 N–H and O–H groups in total. The Morgan fingerprint density at radius 3 is 2.65 bits per heavy atom. The summed E-state index contributed by atoms with van der Waals surface area (Å²) in [6.07, 6.45) is 9.57. The molecule has 2 aliphatic carbocycles. The number of aromatic nitrogens is 1. The minimum Gasteiger partial charge on any atom is -0.350 e. The van der Waals surface area contributed by atoms with Gasteiger partial charge < -0.3 is 9.88 Å². The molecule has 110 valence electrons. The van der Waals surface area contributed by atoms with Crippen LogP contribution in [-0.4, -0.2) is 17.0 Å². The molecule has 0 aliphatic heterocycles. The molecule has 2 aliphatic rings. The number of carbonyl (C=O) groups excluding carboxylic acids is 1. The van der Waals surface area contributed by atoms with E-state index in [1.165, 1.54) is 38.5 Å². The molecule has 0 bridgehead atoms. The standard InChI is InChI=1S/C16H23BrN2O/c1-11-2-4-12(5-3-11)9-18-16(20)15-8-13(17)10-19(15)14-6-7-14/h8,10-12,14H,2-7,9H2,1H3,(H,18,20). The maximum Gasteiger partial charge on any atom is 0.267 e. The fourth-order valence-corrected chi connectivity index (χ4v) is 3.58. The molecule has 1 heterocycles. The normalized spacial score (nSPS) is 26.5. The molecule has 1 aromatic heterocycles. The second kappa shape index (κ2) is 5.92. The van der Waals surface area contributed by atoms with Crippen molar-refractivity contribution in [2.24, 2.45) is 11.8 Å². The van der Waals surface area contributed by atoms with E-state index in [1.54, 1.807) is 0 Å². The van der Waals surface area contributed by atoms with Crippen LogP contribution in [0.15, 0.2) is 16.7 Å². The van der Waals surface area contributed by atoms with Gasteiger partial charge in [0.1, 0.15) is 5.69 Å². The molecule has 4 heteroatoms. The van der Waals surface area contributed by atoms with Crippen molar-refractivity contribution in [1.29, 1.82) is 0 Å². The van der Waals surface area contributed by atoms with Crippen molar-refractivity contribution in [3.63, 3.8) is 0 Å². The van der Waals surface area contributed by atoms with Crippen molar-refractivity contribution in [3.8, 4) is 0 Å². The lowest BCUT2D eigenvalue weighted by Gasteiger charge is -2.26. The second-order valence-electron chi connectivity index (χ2n) is 6.52. The molecule has 0 spiro atoms. The first-order valence-electron chi connectivity index (χ1n) is 7.79. The van der Waals surface area contributed by atoms with Gasteiger partial charge in [0.15, 0.2) is 0 Å². The summed E-state index contributed by atoms with van der Waals surface area (Å²) in [5.74, 6) is 1.62. The Morgan fingerprint density at radius 2 is 2.00 bits per heavy atom. The van der Waals surface area contributed by atoms with Gasteiger partial charge >= 0.3 is 0 Å². The monoisotopic (exact) mass is 338 g/mol. The molecule has 0 unspecified atom stereocenters. The van der Waals surface area contributed by atoms with Crippen LogP contribution < -0.4 is 5.32 Å². The Balaban J connectivity index is 1.56. The highest BCUT2D eigenvalue weighted by molar-refractivity contribution is 9.10. The Hall–Kier alpha value is -0.770. The molecule has 2 fully saturated rings. The van der Waals surface area contributed by atoms with Crippen LogP contribution in [0.3, 0.4) is 0 Å². The number of carbonyl (C=O) groups is 1. The lowest BCUT2D eigenvalue weighted by Crippen LogP contribution is -2.32. The van der Waals surface area contributed by atoms with Crippen molar-refractivity contribution in [3.05, 3.63) is 22.4 Å². The van der Waals surface area contributed by atoms with E-state index >= 15 is 0 Å². The maximum atomic E-state index is 12.4. The minimum atomic E-state index is 0.0845. The first-order chi connectivity index (χ1) is 9.63. The quantitative estimate of drug-likeness (QED) is 0.879. The van der Waals surface area contributed by atoms with Gasteiger partial charge in [-0.15, -0.1) is 0 Å².